The molecule has 0 bridgehead atoms. The molecular formula is C15H22N4O. The van der Waals surface area contributed by atoms with E-state index in [-0.39, 0.29) is 0 Å². The van der Waals surface area contributed by atoms with E-state index < -0.39 is 0 Å². The fraction of sp³-hybridized carbons (Fsp3) is 0.467. The van der Waals surface area contributed by atoms with Gasteiger partial charge >= 0.3 is 0 Å². The molecule has 0 aliphatic rings. The zero-order valence-electron chi connectivity index (χ0n) is 12.6. The molecule has 20 heavy (non-hydrogen) atoms. The molecular weight excluding hydrogens is 252 g/mol. The average molecular weight is 274 g/mol. The summed E-state index contributed by atoms with van der Waals surface area (Å²) in [7, 11) is 1.70. The van der Waals surface area contributed by atoms with Crippen molar-refractivity contribution in [3.63, 3.8) is 0 Å². The molecule has 0 saturated heterocycles. The monoisotopic (exact) mass is 274 g/mol. The minimum Gasteiger partial charge on any atom is -0.496 e. The van der Waals surface area contributed by atoms with Crippen molar-refractivity contribution < 1.29 is 4.74 Å². The lowest BCUT2D eigenvalue weighted by atomic mass is 10.1. The van der Waals surface area contributed by atoms with Gasteiger partial charge in [0.2, 0.25) is 0 Å². The topological polar surface area (TPSA) is 52.0 Å². The van der Waals surface area contributed by atoms with Crippen molar-refractivity contribution in [1.29, 1.82) is 0 Å². The van der Waals surface area contributed by atoms with Gasteiger partial charge in [-0.3, -0.25) is 9.67 Å². The van der Waals surface area contributed by atoms with Crippen LogP contribution in [-0.2, 0) is 13.1 Å². The van der Waals surface area contributed by atoms with Crippen LogP contribution in [0.5, 0.6) is 5.75 Å². The summed E-state index contributed by atoms with van der Waals surface area (Å²) in [6, 6.07) is 2.26. The van der Waals surface area contributed by atoms with Gasteiger partial charge in [-0.25, -0.2) is 0 Å². The molecule has 0 aromatic carbocycles. The van der Waals surface area contributed by atoms with Crippen LogP contribution in [-0.4, -0.2) is 27.9 Å². The molecule has 0 aliphatic heterocycles. The molecule has 0 spiro atoms. The quantitative estimate of drug-likeness (QED) is 0.876. The van der Waals surface area contributed by atoms with Crippen LogP contribution in [0.4, 0.5) is 0 Å². The maximum absolute atomic E-state index is 5.43. The fourth-order valence-electron chi connectivity index (χ4n) is 2.27. The molecule has 108 valence electrons. The van der Waals surface area contributed by atoms with Gasteiger partial charge in [0, 0.05) is 42.3 Å². The van der Waals surface area contributed by atoms with E-state index in [2.05, 4.69) is 22.3 Å². The number of hydrogen-bond acceptors (Lipinski definition) is 4. The second-order valence-corrected chi connectivity index (χ2v) is 5.06. The minimum absolute atomic E-state index is 0.323. The van der Waals surface area contributed by atoms with Crippen LogP contribution in [0.3, 0.4) is 0 Å². The van der Waals surface area contributed by atoms with Crippen LogP contribution < -0.4 is 10.1 Å². The Bertz CT molecular complexity index is 551. The fourth-order valence-corrected chi connectivity index (χ4v) is 2.27. The molecule has 0 radical (unpaired) electrons. The first-order valence-corrected chi connectivity index (χ1v) is 6.81. The van der Waals surface area contributed by atoms with Crippen LogP contribution in [0.25, 0.3) is 0 Å². The lowest BCUT2D eigenvalue weighted by molar-refractivity contribution is 0.405. The number of ether oxygens (including phenoxy) is 1. The third-order valence-corrected chi connectivity index (χ3v) is 3.39. The Kier molecular flexibility index (Phi) is 4.74. The summed E-state index contributed by atoms with van der Waals surface area (Å²) in [5.41, 5.74) is 3.20. The zero-order chi connectivity index (χ0) is 14.5. The van der Waals surface area contributed by atoms with Crippen LogP contribution in [0.1, 0.15) is 23.7 Å². The van der Waals surface area contributed by atoms with Gasteiger partial charge in [0.05, 0.1) is 19.3 Å². The molecule has 0 aliphatic carbocycles. The van der Waals surface area contributed by atoms with E-state index >= 15 is 0 Å². The van der Waals surface area contributed by atoms with E-state index in [4.69, 9.17) is 4.74 Å². The average Bonchev–Trinajstić information content (AvgIpc) is 2.91. The summed E-state index contributed by atoms with van der Waals surface area (Å²) in [5.74, 6) is 0.927. The number of aryl methyl sites for hydroxylation is 1. The van der Waals surface area contributed by atoms with E-state index in [0.717, 1.165) is 35.7 Å². The predicted octanol–water partition coefficient (Wildman–Crippen LogP) is 2.08. The Morgan fingerprint density at radius 2 is 2.20 bits per heavy atom. The Morgan fingerprint density at radius 3 is 2.85 bits per heavy atom. The van der Waals surface area contributed by atoms with E-state index in [9.17, 15) is 0 Å². The van der Waals surface area contributed by atoms with E-state index in [0.29, 0.717) is 6.04 Å². The van der Waals surface area contributed by atoms with Crippen molar-refractivity contribution in [2.45, 2.75) is 39.9 Å². The highest BCUT2D eigenvalue weighted by atomic mass is 16.5. The summed E-state index contributed by atoms with van der Waals surface area (Å²) in [6.07, 6.45) is 5.63. The van der Waals surface area contributed by atoms with Gasteiger partial charge in [-0.1, -0.05) is 0 Å². The van der Waals surface area contributed by atoms with Gasteiger partial charge in [-0.05, 0) is 26.8 Å². The number of methoxy groups -OCH3 is 1. The van der Waals surface area contributed by atoms with Gasteiger partial charge in [-0.2, -0.15) is 5.10 Å². The molecule has 1 atom stereocenters. The Balaban J connectivity index is 1.97. The summed E-state index contributed by atoms with van der Waals surface area (Å²) in [5, 5.41) is 7.68. The molecule has 0 amide bonds. The lowest BCUT2D eigenvalue weighted by Gasteiger charge is -2.16. The number of pyridine rings is 1. The van der Waals surface area contributed by atoms with Crippen molar-refractivity contribution >= 4 is 0 Å². The van der Waals surface area contributed by atoms with Crippen molar-refractivity contribution in [3.8, 4) is 5.75 Å². The molecule has 2 aromatic heterocycles. The lowest BCUT2D eigenvalue weighted by Crippen LogP contribution is -2.30. The molecule has 5 heteroatoms. The maximum Gasteiger partial charge on any atom is 0.128 e. The predicted molar refractivity (Wildman–Crippen MR) is 78.8 cm³/mol. The number of nitrogens with one attached hydrogen (secondary N) is 1. The van der Waals surface area contributed by atoms with Gasteiger partial charge in [0.25, 0.3) is 0 Å². The molecule has 0 saturated carbocycles. The molecule has 2 aromatic rings. The number of aromatic nitrogens is 3. The van der Waals surface area contributed by atoms with Crippen LogP contribution in [0.15, 0.2) is 24.7 Å². The molecule has 5 nitrogen and oxygen atoms in total. The maximum atomic E-state index is 5.43. The number of hydrogen-bond donors (Lipinski definition) is 1. The second kappa shape index (κ2) is 6.52. The Hall–Kier alpha value is -1.88. The van der Waals surface area contributed by atoms with Crippen molar-refractivity contribution in [2.24, 2.45) is 0 Å². The van der Waals surface area contributed by atoms with Gasteiger partial charge in [-0.15, -0.1) is 0 Å². The summed E-state index contributed by atoms with van der Waals surface area (Å²) in [4.78, 5) is 4.49. The van der Waals surface area contributed by atoms with Crippen LogP contribution in [0, 0.1) is 13.8 Å². The normalized spacial score (nSPS) is 12.4. The first kappa shape index (κ1) is 14.5. The van der Waals surface area contributed by atoms with E-state index in [1.54, 1.807) is 13.3 Å². The molecule has 2 heterocycles. The Morgan fingerprint density at radius 1 is 1.40 bits per heavy atom. The first-order chi connectivity index (χ1) is 9.61. The minimum atomic E-state index is 0.323. The third kappa shape index (κ3) is 3.36. The largest absolute Gasteiger partial charge is 0.496 e. The van der Waals surface area contributed by atoms with Crippen molar-refractivity contribution in [3.05, 3.63) is 41.5 Å². The second-order valence-electron chi connectivity index (χ2n) is 5.06. The summed E-state index contributed by atoms with van der Waals surface area (Å²) in [6.45, 7) is 7.77. The van der Waals surface area contributed by atoms with Crippen LogP contribution >= 0.6 is 0 Å². The summed E-state index contributed by atoms with van der Waals surface area (Å²) >= 11 is 0. The highest BCUT2D eigenvalue weighted by Gasteiger charge is 2.10. The van der Waals surface area contributed by atoms with Crippen LogP contribution in [0.2, 0.25) is 0 Å². The SMILES string of the molecule is COc1c(C)cnc(CNC(C)Cn2cccn2)c1C. The van der Waals surface area contributed by atoms with Gasteiger partial charge < -0.3 is 10.1 Å². The molecule has 2 rings (SSSR count). The van der Waals surface area contributed by atoms with Crippen molar-refractivity contribution in [1.82, 2.24) is 20.1 Å². The van der Waals surface area contributed by atoms with E-state index in [1.807, 2.05) is 37.0 Å². The van der Waals surface area contributed by atoms with Gasteiger partial charge in [0.1, 0.15) is 5.75 Å². The van der Waals surface area contributed by atoms with E-state index in [1.165, 1.54) is 0 Å². The highest BCUT2D eigenvalue weighted by Crippen LogP contribution is 2.23. The summed E-state index contributed by atoms with van der Waals surface area (Å²) < 4.78 is 7.35. The molecule has 1 N–H and O–H groups in total. The first-order valence-electron chi connectivity index (χ1n) is 6.81. The zero-order valence-corrected chi connectivity index (χ0v) is 12.6. The number of rotatable bonds is 6. The Labute approximate surface area is 120 Å². The van der Waals surface area contributed by atoms with Crippen molar-refractivity contribution in [2.75, 3.05) is 7.11 Å². The standard InChI is InChI=1S/C15H22N4O/c1-11-8-17-14(13(3)15(11)20-4)9-16-12(2)10-19-7-5-6-18-19/h5-8,12,16H,9-10H2,1-4H3. The molecule has 0 fully saturated rings. The van der Waals surface area contributed by atoms with Gasteiger partial charge in [0.15, 0.2) is 0 Å². The third-order valence-electron chi connectivity index (χ3n) is 3.39. The smallest absolute Gasteiger partial charge is 0.128 e. The highest BCUT2D eigenvalue weighted by molar-refractivity contribution is 5.40. The molecule has 1 unspecified atom stereocenters. The number of nitrogens with zero attached hydrogens (tertiary/aromatic N) is 3.